The van der Waals surface area contributed by atoms with Crippen LogP contribution < -0.4 is 0 Å². The average Bonchev–Trinajstić information content (AvgIpc) is 2.49. The van der Waals surface area contributed by atoms with E-state index >= 15 is 0 Å². The second-order valence-electron chi connectivity index (χ2n) is 3.49. The van der Waals surface area contributed by atoms with E-state index in [0.717, 1.165) is 17.0 Å². The van der Waals surface area contributed by atoms with Gasteiger partial charge in [0.05, 0.1) is 0 Å². The van der Waals surface area contributed by atoms with Crippen LogP contribution in [0.15, 0.2) is 16.7 Å². The van der Waals surface area contributed by atoms with Crippen LogP contribution >= 0.6 is 0 Å². The summed E-state index contributed by atoms with van der Waals surface area (Å²) >= 11 is 0. The first-order valence-corrected chi connectivity index (χ1v) is 4.40. The number of pyridine rings is 1. The molecule has 0 radical (unpaired) electrons. The zero-order valence-corrected chi connectivity index (χ0v) is 8.03. The van der Waals surface area contributed by atoms with Crippen molar-refractivity contribution in [3.05, 3.63) is 23.7 Å². The van der Waals surface area contributed by atoms with Gasteiger partial charge in [-0.3, -0.25) is 0 Å². The fourth-order valence-electron chi connectivity index (χ4n) is 1.22. The molecule has 3 heteroatoms. The van der Waals surface area contributed by atoms with Crippen molar-refractivity contribution in [3.63, 3.8) is 0 Å². The van der Waals surface area contributed by atoms with E-state index in [0.29, 0.717) is 11.6 Å². The number of hydrogen-bond donors (Lipinski definition) is 0. The number of hydrogen-bond acceptors (Lipinski definition) is 3. The van der Waals surface area contributed by atoms with Crippen molar-refractivity contribution >= 4 is 11.2 Å². The lowest BCUT2D eigenvalue weighted by Crippen LogP contribution is -1.85. The first kappa shape index (κ1) is 8.23. The van der Waals surface area contributed by atoms with E-state index in [1.54, 1.807) is 6.20 Å². The number of oxazole rings is 1. The lowest BCUT2D eigenvalue weighted by molar-refractivity contribution is 0.494. The molecular weight excluding hydrogens is 164 g/mol. The predicted octanol–water partition coefficient (Wildman–Crippen LogP) is 2.65. The van der Waals surface area contributed by atoms with Crippen LogP contribution in [0.2, 0.25) is 0 Å². The molecule has 0 spiro atoms. The SMILES string of the molecule is Cc1ccnc2oc(C(C)C)nc12. The fraction of sp³-hybridized carbons (Fsp3) is 0.400. The lowest BCUT2D eigenvalue weighted by atomic mass is 10.2. The first-order valence-electron chi connectivity index (χ1n) is 4.40. The molecule has 0 N–H and O–H groups in total. The van der Waals surface area contributed by atoms with E-state index in [1.165, 1.54) is 0 Å². The predicted molar refractivity (Wildman–Crippen MR) is 50.6 cm³/mol. The van der Waals surface area contributed by atoms with Crippen molar-refractivity contribution in [1.29, 1.82) is 0 Å². The summed E-state index contributed by atoms with van der Waals surface area (Å²) in [5, 5.41) is 0. The Morgan fingerprint density at radius 1 is 1.38 bits per heavy atom. The van der Waals surface area contributed by atoms with Crippen LogP contribution in [0.5, 0.6) is 0 Å². The van der Waals surface area contributed by atoms with E-state index in [2.05, 4.69) is 23.8 Å². The molecule has 68 valence electrons. The third kappa shape index (κ3) is 1.30. The molecular formula is C10H12N2O. The molecule has 0 aliphatic rings. The van der Waals surface area contributed by atoms with Crippen molar-refractivity contribution in [2.75, 3.05) is 0 Å². The highest BCUT2D eigenvalue weighted by molar-refractivity contribution is 5.71. The van der Waals surface area contributed by atoms with Gasteiger partial charge in [0.25, 0.3) is 0 Å². The molecule has 2 heterocycles. The second-order valence-corrected chi connectivity index (χ2v) is 3.49. The maximum Gasteiger partial charge on any atom is 0.247 e. The molecule has 0 bridgehead atoms. The van der Waals surface area contributed by atoms with E-state index in [1.807, 2.05) is 13.0 Å². The van der Waals surface area contributed by atoms with Gasteiger partial charge < -0.3 is 4.42 Å². The summed E-state index contributed by atoms with van der Waals surface area (Å²) in [6, 6.07) is 1.94. The Labute approximate surface area is 76.8 Å². The summed E-state index contributed by atoms with van der Waals surface area (Å²) in [6.45, 7) is 6.12. The van der Waals surface area contributed by atoms with Crippen LogP contribution in [-0.2, 0) is 0 Å². The maximum absolute atomic E-state index is 5.49. The minimum Gasteiger partial charge on any atom is -0.422 e. The maximum atomic E-state index is 5.49. The minimum absolute atomic E-state index is 0.314. The molecule has 0 amide bonds. The molecule has 2 rings (SSSR count). The molecule has 0 fully saturated rings. The van der Waals surface area contributed by atoms with Gasteiger partial charge in [-0.25, -0.2) is 9.97 Å². The van der Waals surface area contributed by atoms with E-state index < -0.39 is 0 Å². The molecule has 0 saturated carbocycles. The van der Waals surface area contributed by atoms with Gasteiger partial charge in [-0.2, -0.15) is 0 Å². The molecule has 13 heavy (non-hydrogen) atoms. The normalized spacial score (nSPS) is 11.4. The molecule has 3 nitrogen and oxygen atoms in total. The van der Waals surface area contributed by atoms with Gasteiger partial charge in [-0.1, -0.05) is 13.8 Å². The Hall–Kier alpha value is -1.38. The van der Waals surface area contributed by atoms with Crippen molar-refractivity contribution < 1.29 is 4.42 Å². The van der Waals surface area contributed by atoms with Crippen molar-refractivity contribution in [3.8, 4) is 0 Å². The third-order valence-electron chi connectivity index (χ3n) is 2.01. The summed E-state index contributed by atoms with van der Waals surface area (Å²) in [5.74, 6) is 1.07. The van der Waals surface area contributed by atoms with Crippen LogP contribution in [0, 0.1) is 6.92 Å². The molecule has 0 saturated heterocycles. The molecule has 2 aromatic heterocycles. The van der Waals surface area contributed by atoms with Gasteiger partial charge in [0, 0.05) is 12.1 Å². The molecule has 0 unspecified atom stereocenters. The van der Waals surface area contributed by atoms with E-state index in [-0.39, 0.29) is 0 Å². The van der Waals surface area contributed by atoms with E-state index in [9.17, 15) is 0 Å². The molecule has 0 atom stereocenters. The van der Waals surface area contributed by atoms with Gasteiger partial charge in [-0.05, 0) is 18.6 Å². The van der Waals surface area contributed by atoms with Gasteiger partial charge in [-0.15, -0.1) is 0 Å². The second kappa shape index (κ2) is 2.83. The minimum atomic E-state index is 0.314. The summed E-state index contributed by atoms with van der Waals surface area (Å²) in [5.41, 5.74) is 2.63. The zero-order chi connectivity index (χ0) is 9.42. The molecule has 0 aromatic carbocycles. The summed E-state index contributed by atoms with van der Waals surface area (Å²) in [4.78, 5) is 8.50. The highest BCUT2D eigenvalue weighted by atomic mass is 16.4. The number of aryl methyl sites for hydroxylation is 1. The van der Waals surface area contributed by atoms with E-state index in [4.69, 9.17) is 4.42 Å². The number of aromatic nitrogens is 2. The van der Waals surface area contributed by atoms with Gasteiger partial charge in [0.15, 0.2) is 5.89 Å². The number of fused-ring (bicyclic) bond motifs is 1. The highest BCUT2D eigenvalue weighted by Gasteiger charge is 2.10. The Bertz CT molecular complexity index is 431. The standard InChI is InChI=1S/C10H12N2O/c1-6(2)9-12-8-7(3)4-5-11-10(8)13-9/h4-6H,1-3H3. The monoisotopic (exact) mass is 176 g/mol. The Morgan fingerprint density at radius 3 is 2.77 bits per heavy atom. The van der Waals surface area contributed by atoms with Gasteiger partial charge in [0.2, 0.25) is 5.71 Å². The van der Waals surface area contributed by atoms with Crippen LogP contribution in [-0.4, -0.2) is 9.97 Å². The number of nitrogens with zero attached hydrogens (tertiary/aromatic N) is 2. The van der Waals surface area contributed by atoms with Crippen molar-refractivity contribution in [1.82, 2.24) is 9.97 Å². The van der Waals surface area contributed by atoms with Gasteiger partial charge >= 0.3 is 0 Å². The smallest absolute Gasteiger partial charge is 0.247 e. The van der Waals surface area contributed by atoms with Crippen LogP contribution in [0.3, 0.4) is 0 Å². The van der Waals surface area contributed by atoms with Crippen LogP contribution in [0.4, 0.5) is 0 Å². The van der Waals surface area contributed by atoms with Crippen molar-refractivity contribution in [2.45, 2.75) is 26.7 Å². The molecule has 0 aliphatic carbocycles. The Balaban J connectivity index is 2.68. The average molecular weight is 176 g/mol. The molecule has 2 aromatic rings. The highest BCUT2D eigenvalue weighted by Crippen LogP contribution is 2.21. The topological polar surface area (TPSA) is 38.9 Å². The quantitative estimate of drug-likeness (QED) is 0.670. The fourth-order valence-corrected chi connectivity index (χ4v) is 1.22. The summed E-state index contributed by atoms with van der Waals surface area (Å²) in [7, 11) is 0. The molecule has 0 aliphatic heterocycles. The summed E-state index contributed by atoms with van der Waals surface area (Å²) < 4.78 is 5.49. The first-order chi connectivity index (χ1) is 6.18. The summed E-state index contributed by atoms with van der Waals surface area (Å²) in [6.07, 6.45) is 1.74. The van der Waals surface area contributed by atoms with Gasteiger partial charge in [0.1, 0.15) is 5.52 Å². The largest absolute Gasteiger partial charge is 0.422 e. The van der Waals surface area contributed by atoms with Crippen LogP contribution in [0.1, 0.15) is 31.2 Å². The Morgan fingerprint density at radius 2 is 2.15 bits per heavy atom. The zero-order valence-electron chi connectivity index (χ0n) is 8.03. The van der Waals surface area contributed by atoms with Crippen LogP contribution in [0.25, 0.3) is 11.2 Å². The third-order valence-corrected chi connectivity index (χ3v) is 2.01. The Kier molecular flexibility index (Phi) is 1.79. The lowest BCUT2D eigenvalue weighted by Gasteiger charge is -1.93. The number of rotatable bonds is 1. The van der Waals surface area contributed by atoms with Crippen molar-refractivity contribution in [2.24, 2.45) is 0 Å².